The number of nitrogens with zero attached hydrogens (tertiary/aromatic N) is 7. The first-order chi connectivity index (χ1) is 19.8. The maximum absolute atomic E-state index is 13.7. The van der Waals surface area contributed by atoms with Crippen LogP contribution >= 0.6 is 34.8 Å². The summed E-state index contributed by atoms with van der Waals surface area (Å²) < 4.78 is 3.24. The van der Waals surface area contributed by atoms with Crippen LogP contribution in [0.1, 0.15) is 5.56 Å². The Morgan fingerprint density at radius 1 is 0.951 bits per heavy atom. The van der Waals surface area contributed by atoms with E-state index in [1.54, 1.807) is 41.2 Å². The molecule has 1 aliphatic rings. The second-order valence-electron chi connectivity index (χ2n) is 9.34. The first kappa shape index (κ1) is 27.5. The Labute approximate surface area is 249 Å². The van der Waals surface area contributed by atoms with E-state index in [0.29, 0.717) is 33.5 Å². The van der Waals surface area contributed by atoms with E-state index in [9.17, 15) is 4.79 Å². The van der Waals surface area contributed by atoms with Crippen molar-refractivity contribution >= 4 is 63.0 Å². The zero-order valence-corrected chi connectivity index (χ0v) is 23.9. The SMILES string of the molecule is Cn1cc2cc(NC(=O)C(Cc3ccc(Cl)cc3)N3CON(c4cc(Cl)ccc4-n4cc(Cl)nn4)CO3)ccc2n1. The van der Waals surface area contributed by atoms with Crippen molar-refractivity contribution in [3.63, 3.8) is 0 Å². The summed E-state index contributed by atoms with van der Waals surface area (Å²) in [4.78, 5) is 25.8. The van der Waals surface area contributed by atoms with Gasteiger partial charge in [-0.25, -0.2) is 9.75 Å². The average Bonchev–Trinajstić information content (AvgIpc) is 3.56. The summed E-state index contributed by atoms with van der Waals surface area (Å²) in [6, 6.07) is 17.4. The molecule has 1 amide bonds. The number of aryl methyl sites for hydroxylation is 1. The standard InChI is InChI=1S/C27H23Cl3N8O3/c1-35-13-18-11-21(7-8-22(18)33-35)31-27(39)25(10-17-2-4-19(28)5-3-17)38-16-40-37(15-41-38)24-12-20(29)6-9-23(24)36-14-26(30)32-34-36/h2-9,11-14,25H,10,15-16H2,1H3,(H,31,39). The highest BCUT2D eigenvalue weighted by Gasteiger charge is 2.33. The van der Waals surface area contributed by atoms with Gasteiger partial charge in [-0.1, -0.05) is 52.1 Å². The Bertz CT molecular complexity index is 1700. The Kier molecular flexibility index (Phi) is 7.80. The van der Waals surface area contributed by atoms with E-state index < -0.39 is 6.04 Å². The van der Waals surface area contributed by atoms with Gasteiger partial charge in [-0.15, -0.1) is 10.2 Å². The van der Waals surface area contributed by atoms with Crippen LogP contribution in [0.5, 0.6) is 0 Å². The minimum atomic E-state index is -0.726. The number of halogens is 3. The topological polar surface area (TPSA) is 103 Å². The molecule has 1 saturated heterocycles. The van der Waals surface area contributed by atoms with Crippen LogP contribution in [0.3, 0.4) is 0 Å². The summed E-state index contributed by atoms with van der Waals surface area (Å²) in [7, 11) is 1.85. The van der Waals surface area contributed by atoms with E-state index in [-0.39, 0.29) is 24.5 Å². The van der Waals surface area contributed by atoms with Gasteiger partial charge in [-0.05, 0) is 60.5 Å². The third kappa shape index (κ3) is 6.15. The Morgan fingerprint density at radius 2 is 1.76 bits per heavy atom. The average molecular weight is 614 g/mol. The molecule has 2 aromatic heterocycles. The van der Waals surface area contributed by atoms with Gasteiger partial charge in [-0.2, -0.15) is 5.10 Å². The van der Waals surface area contributed by atoms with Gasteiger partial charge in [0.15, 0.2) is 18.6 Å². The maximum atomic E-state index is 13.7. The van der Waals surface area contributed by atoms with Gasteiger partial charge in [0.1, 0.15) is 6.04 Å². The monoisotopic (exact) mass is 612 g/mol. The molecule has 0 aliphatic carbocycles. The van der Waals surface area contributed by atoms with Crippen molar-refractivity contribution in [1.82, 2.24) is 29.8 Å². The lowest BCUT2D eigenvalue weighted by molar-refractivity contribution is -0.279. The fraction of sp³-hybridized carbons (Fsp3) is 0.185. The first-order valence-corrected chi connectivity index (χ1v) is 13.6. The first-order valence-electron chi connectivity index (χ1n) is 12.5. The van der Waals surface area contributed by atoms with E-state index in [0.717, 1.165) is 16.5 Å². The van der Waals surface area contributed by atoms with E-state index >= 15 is 0 Å². The smallest absolute Gasteiger partial charge is 0.244 e. The van der Waals surface area contributed by atoms with Gasteiger partial charge in [0.05, 0.1) is 23.1 Å². The van der Waals surface area contributed by atoms with Crippen molar-refractivity contribution in [2.75, 3.05) is 23.8 Å². The number of anilines is 2. The van der Waals surface area contributed by atoms with Crippen LogP contribution in [0.4, 0.5) is 11.4 Å². The summed E-state index contributed by atoms with van der Waals surface area (Å²) in [5, 5.41) is 20.6. The van der Waals surface area contributed by atoms with Crippen LogP contribution in [-0.2, 0) is 27.9 Å². The summed E-state index contributed by atoms with van der Waals surface area (Å²) in [5.41, 5.74) is 3.61. The van der Waals surface area contributed by atoms with Crippen molar-refractivity contribution in [1.29, 1.82) is 0 Å². The number of rotatable bonds is 7. The summed E-state index contributed by atoms with van der Waals surface area (Å²) >= 11 is 18.4. The molecule has 0 saturated carbocycles. The summed E-state index contributed by atoms with van der Waals surface area (Å²) in [6.45, 7) is -0.0702. The number of benzene rings is 3. The number of hydroxylamine groups is 3. The van der Waals surface area contributed by atoms with Gasteiger partial charge in [0.25, 0.3) is 0 Å². The summed E-state index contributed by atoms with van der Waals surface area (Å²) in [5.74, 6) is -0.263. The minimum absolute atomic E-state index is 0.0260. The fourth-order valence-electron chi connectivity index (χ4n) is 4.52. The second kappa shape index (κ2) is 11.6. The highest BCUT2D eigenvalue weighted by molar-refractivity contribution is 6.31. The molecular weight excluding hydrogens is 591 g/mol. The molecule has 0 spiro atoms. The molecule has 1 atom stereocenters. The predicted octanol–water partition coefficient (Wildman–Crippen LogP) is 5.26. The highest BCUT2D eigenvalue weighted by atomic mass is 35.5. The molecule has 1 fully saturated rings. The number of nitrogens with one attached hydrogen (secondary N) is 1. The molecule has 1 unspecified atom stereocenters. The largest absolute Gasteiger partial charge is 0.325 e. The number of aromatic nitrogens is 5. The quantitative estimate of drug-likeness (QED) is 0.265. The van der Waals surface area contributed by atoms with Crippen molar-refractivity contribution in [2.45, 2.75) is 12.5 Å². The van der Waals surface area contributed by atoms with Gasteiger partial charge < -0.3 is 5.32 Å². The van der Waals surface area contributed by atoms with Crippen molar-refractivity contribution in [3.05, 3.63) is 93.8 Å². The van der Waals surface area contributed by atoms with Crippen molar-refractivity contribution in [2.24, 2.45) is 7.05 Å². The number of amides is 1. The number of fused-ring (bicyclic) bond motifs is 1. The maximum Gasteiger partial charge on any atom is 0.244 e. The number of carbonyl (C=O) groups excluding carboxylic acids is 1. The molecule has 14 heteroatoms. The number of hydrogen-bond donors (Lipinski definition) is 1. The third-order valence-electron chi connectivity index (χ3n) is 6.48. The molecule has 11 nitrogen and oxygen atoms in total. The fourth-order valence-corrected chi connectivity index (χ4v) is 4.94. The lowest BCUT2D eigenvalue weighted by Gasteiger charge is -2.38. The van der Waals surface area contributed by atoms with Crippen LogP contribution in [0, 0.1) is 0 Å². The lowest BCUT2D eigenvalue weighted by atomic mass is 10.0. The normalized spacial score (nSPS) is 14.9. The highest BCUT2D eigenvalue weighted by Crippen LogP contribution is 2.30. The van der Waals surface area contributed by atoms with Gasteiger partial charge in [0.2, 0.25) is 5.91 Å². The molecule has 6 rings (SSSR count). The molecule has 1 aliphatic heterocycles. The van der Waals surface area contributed by atoms with E-state index in [1.807, 2.05) is 43.6 Å². The van der Waals surface area contributed by atoms with E-state index in [1.165, 1.54) is 14.8 Å². The van der Waals surface area contributed by atoms with Crippen LogP contribution < -0.4 is 10.4 Å². The molecule has 210 valence electrons. The molecule has 41 heavy (non-hydrogen) atoms. The van der Waals surface area contributed by atoms with Gasteiger partial charge >= 0.3 is 0 Å². The Hall–Kier alpha value is -3.71. The minimum Gasteiger partial charge on any atom is -0.325 e. The molecule has 5 aromatic rings. The van der Waals surface area contributed by atoms with Gasteiger partial charge in [0, 0.05) is 34.4 Å². The van der Waals surface area contributed by atoms with Gasteiger partial charge in [-0.3, -0.25) is 19.2 Å². The van der Waals surface area contributed by atoms with Crippen LogP contribution in [-0.4, -0.2) is 55.2 Å². The van der Waals surface area contributed by atoms with Crippen LogP contribution in [0.25, 0.3) is 16.6 Å². The Balaban J connectivity index is 1.22. The van der Waals surface area contributed by atoms with E-state index in [2.05, 4.69) is 20.7 Å². The summed E-state index contributed by atoms with van der Waals surface area (Å²) in [6.07, 6.45) is 3.81. The van der Waals surface area contributed by atoms with Crippen molar-refractivity contribution in [3.8, 4) is 5.69 Å². The van der Waals surface area contributed by atoms with Crippen LogP contribution in [0.2, 0.25) is 15.2 Å². The molecular formula is C27H23Cl3N8O3. The number of hydrogen-bond acceptors (Lipinski definition) is 8. The van der Waals surface area contributed by atoms with Crippen LogP contribution in [0.15, 0.2) is 73.1 Å². The second-order valence-corrected chi connectivity index (χ2v) is 10.6. The van der Waals surface area contributed by atoms with E-state index in [4.69, 9.17) is 44.5 Å². The Morgan fingerprint density at radius 3 is 2.49 bits per heavy atom. The van der Waals surface area contributed by atoms with Crippen molar-refractivity contribution < 1.29 is 14.5 Å². The molecule has 1 N–H and O–H groups in total. The lowest BCUT2D eigenvalue weighted by Crippen LogP contribution is -2.52. The molecule has 3 heterocycles. The zero-order valence-electron chi connectivity index (χ0n) is 21.6. The predicted molar refractivity (Wildman–Crippen MR) is 156 cm³/mol. The third-order valence-corrected chi connectivity index (χ3v) is 7.14. The number of carbonyl (C=O) groups is 1. The molecule has 0 radical (unpaired) electrons. The molecule has 0 bridgehead atoms. The zero-order chi connectivity index (χ0) is 28.5. The molecule has 3 aromatic carbocycles.